The summed E-state index contributed by atoms with van der Waals surface area (Å²) in [5, 5.41) is 2.47. The average Bonchev–Trinajstić information content (AvgIpc) is 2.41. The largest absolute Gasteiger partial charge is 0.444 e. The summed E-state index contributed by atoms with van der Waals surface area (Å²) in [4.78, 5) is 11.7. The summed E-state index contributed by atoms with van der Waals surface area (Å²) in [5.74, 6) is 0. The molecule has 0 aliphatic heterocycles. The van der Waals surface area contributed by atoms with Crippen molar-refractivity contribution in [3.05, 3.63) is 41.7 Å². The quantitative estimate of drug-likeness (QED) is 0.892. The molecule has 0 saturated carbocycles. The molecule has 0 spiro atoms. The van der Waals surface area contributed by atoms with Crippen molar-refractivity contribution >= 4 is 15.9 Å². The number of hydrogen-bond donors (Lipinski definition) is 1. The van der Waals surface area contributed by atoms with Crippen LogP contribution in [0.25, 0.3) is 0 Å². The Labute approximate surface area is 136 Å². The number of halogens is 1. The van der Waals surface area contributed by atoms with Gasteiger partial charge < -0.3 is 10.1 Å². The maximum Gasteiger partial charge on any atom is 0.407 e. The van der Waals surface area contributed by atoms with E-state index in [1.165, 1.54) is 12.1 Å². The summed E-state index contributed by atoms with van der Waals surface area (Å²) < 4.78 is 41.1. The van der Waals surface area contributed by atoms with Gasteiger partial charge in [-0.15, -0.1) is 0 Å². The SMILES string of the molecule is CC(C)(C)OC(=O)NCC(=CF)Cc1cccc(S(C)(=O)=O)c1. The topological polar surface area (TPSA) is 72.5 Å². The Bertz CT molecular complexity index is 690. The van der Waals surface area contributed by atoms with Crippen LogP contribution < -0.4 is 5.32 Å². The summed E-state index contributed by atoms with van der Waals surface area (Å²) in [5.41, 5.74) is 0.317. The lowest BCUT2D eigenvalue weighted by molar-refractivity contribution is 0.0532. The number of alkyl carbamates (subject to hydrolysis) is 1. The maximum atomic E-state index is 13.0. The van der Waals surface area contributed by atoms with E-state index in [0.717, 1.165) is 6.26 Å². The highest BCUT2D eigenvalue weighted by Crippen LogP contribution is 2.15. The van der Waals surface area contributed by atoms with E-state index in [2.05, 4.69) is 5.32 Å². The van der Waals surface area contributed by atoms with E-state index in [1.807, 2.05) is 0 Å². The molecular formula is C16H22FNO4S. The molecule has 0 aliphatic rings. The van der Waals surface area contributed by atoms with Crippen LogP contribution in [0.5, 0.6) is 0 Å². The first-order valence-electron chi connectivity index (χ1n) is 7.05. The second kappa shape index (κ2) is 7.59. The van der Waals surface area contributed by atoms with Gasteiger partial charge in [-0.2, -0.15) is 0 Å². The molecule has 0 aromatic heterocycles. The van der Waals surface area contributed by atoms with Gasteiger partial charge in [0, 0.05) is 12.8 Å². The van der Waals surface area contributed by atoms with E-state index in [4.69, 9.17) is 4.74 Å². The van der Waals surface area contributed by atoms with Crippen molar-refractivity contribution in [3.8, 4) is 0 Å². The van der Waals surface area contributed by atoms with E-state index < -0.39 is 21.5 Å². The molecule has 0 unspecified atom stereocenters. The van der Waals surface area contributed by atoms with Crippen LogP contribution in [0.3, 0.4) is 0 Å². The number of carbonyl (C=O) groups excluding carboxylic acids is 1. The molecule has 1 amide bonds. The fourth-order valence-electron chi connectivity index (χ4n) is 1.79. The smallest absolute Gasteiger partial charge is 0.407 e. The van der Waals surface area contributed by atoms with Crippen LogP contribution in [0.2, 0.25) is 0 Å². The number of benzene rings is 1. The molecule has 23 heavy (non-hydrogen) atoms. The molecule has 1 aromatic rings. The molecule has 1 rings (SSSR count). The molecule has 0 atom stereocenters. The van der Waals surface area contributed by atoms with Gasteiger partial charge in [0.15, 0.2) is 9.84 Å². The van der Waals surface area contributed by atoms with E-state index in [9.17, 15) is 17.6 Å². The van der Waals surface area contributed by atoms with Crippen LogP contribution in [0, 0.1) is 0 Å². The van der Waals surface area contributed by atoms with Gasteiger partial charge in [0.05, 0.1) is 11.2 Å². The Morgan fingerprint density at radius 1 is 1.35 bits per heavy atom. The highest BCUT2D eigenvalue weighted by molar-refractivity contribution is 7.90. The zero-order valence-electron chi connectivity index (χ0n) is 13.7. The zero-order valence-corrected chi connectivity index (χ0v) is 14.5. The van der Waals surface area contributed by atoms with Crippen molar-refractivity contribution in [1.82, 2.24) is 5.32 Å². The highest BCUT2D eigenvalue weighted by atomic mass is 32.2. The lowest BCUT2D eigenvalue weighted by atomic mass is 10.1. The number of hydrogen-bond acceptors (Lipinski definition) is 4. The zero-order chi connectivity index (χ0) is 17.7. The van der Waals surface area contributed by atoms with Gasteiger partial charge in [0.1, 0.15) is 5.60 Å². The Kier molecular flexibility index (Phi) is 6.32. The van der Waals surface area contributed by atoms with Gasteiger partial charge >= 0.3 is 6.09 Å². The van der Waals surface area contributed by atoms with Crippen LogP contribution in [0.15, 0.2) is 41.1 Å². The fourth-order valence-corrected chi connectivity index (χ4v) is 2.48. The van der Waals surface area contributed by atoms with Crippen molar-refractivity contribution in [1.29, 1.82) is 0 Å². The van der Waals surface area contributed by atoms with Crippen LogP contribution in [-0.2, 0) is 21.0 Å². The fraction of sp³-hybridized carbons (Fsp3) is 0.438. The van der Waals surface area contributed by atoms with E-state index >= 15 is 0 Å². The molecular weight excluding hydrogens is 321 g/mol. The summed E-state index contributed by atoms with van der Waals surface area (Å²) in [6.07, 6.45) is 1.07. The van der Waals surface area contributed by atoms with Gasteiger partial charge in [-0.3, -0.25) is 0 Å². The summed E-state index contributed by atoms with van der Waals surface area (Å²) in [7, 11) is -3.32. The van der Waals surface area contributed by atoms with Crippen molar-refractivity contribution < 1.29 is 22.3 Å². The Hall–Kier alpha value is -1.89. The monoisotopic (exact) mass is 343 g/mol. The Balaban J connectivity index is 2.70. The van der Waals surface area contributed by atoms with Crippen LogP contribution >= 0.6 is 0 Å². The van der Waals surface area contributed by atoms with Gasteiger partial charge in [0.25, 0.3) is 0 Å². The first-order chi connectivity index (χ1) is 10.5. The number of nitrogens with one attached hydrogen (secondary N) is 1. The van der Waals surface area contributed by atoms with Crippen LogP contribution in [0.1, 0.15) is 26.3 Å². The third-order valence-electron chi connectivity index (χ3n) is 2.77. The third kappa shape index (κ3) is 7.27. The molecule has 0 radical (unpaired) electrons. The van der Waals surface area contributed by atoms with Gasteiger partial charge in [-0.25, -0.2) is 17.6 Å². The minimum Gasteiger partial charge on any atom is -0.444 e. The van der Waals surface area contributed by atoms with Crippen molar-refractivity contribution in [2.45, 2.75) is 37.7 Å². The first-order valence-corrected chi connectivity index (χ1v) is 8.94. The van der Waals surface area contributed by atoms with Gasteiger partial charge in [0.2, 0.25) is 0 Å². The second-order valence-corrected chi connectivity index (χ2v) is 8.23. The predicted molar refractivity (Wildman–Crippen MR) is 86.7 cm³/mol. The lowest BCUT2D eigenvalue weighted by Crippen LogP contribution is -2.33. The molecule has 0 saturated heterocycles. The maximum absolute atomic E-state index is 13.0. The predicted octanol–water partition coefficient (Wildman–Crippen LogP) is 3.01. The van der Waals surface area contributed by atoms with Crippen LogP contribution in [-0.4, -0.2) is 32.9 Å². The molecule has 0 fully saturated rings. The molecule has 0 heterocycles. The first kappa shape index (κ1) is 19.2. The second-order valence-electron chi connectivity index (χ2n) is 6.22. The van der Waals surface area contributed by atoms with E-state index in [1.54, 1.807) is 32.9 Å². The lowest BCUT2D eigenvalue weighted by Gasteiger charge is -2.20. The van der Waals surface area contributed by atoms with Crippen molar-refractivity contribution in [2.24, 2.45) is 0 Å². The summed E-state index contributed by atoms with van der Waals surface area (Å²) in [6.45, 7) is 5.17. The third-order valence-corrected chi connectivity index (χ3v) is 3.88. The minimum atomic E-state index is -3.32. The number of sulfone groups is 1. The average molecular weight is 343 g/mol. The molecule has 5 nitrogen and oxygen atoms in total. The summed E-state index contributed by atoms with van der Waals surface area (Å²) >= 11 is 0. The molecule has 0 aliphatic carbocycles. The number of carbonyl (C=O) groups is 1. The number of amides is 1. The van der Waals surface area contributed by atoms with E-state index in [-0.39, 0.29) is 17.9 Å². The van der Waals surface area contributed by atoms with Crippen molar-refractivity contribution in [3.63, 3.8) is 0 Å². The molecule has 7 heteroatoms. The Morgan fingerprint density at radius 2 is 2.00 bits per heavy atom. The number of ether oxygens (including phenoxy) is 1. The summed E-state index contributed by atoms with van der Waals surface area (Å²) in [6, 6.07) is 6.28. The molecule has 128 valence electrons. The van der Waals surface area contributed by atoms with Crippen molar-refractivity contribution in [2.75, 3.05) is 12.8 Å². The molecule has 1 N–H and O–H groups in total. The minimum absolute atomic E-state index is 0.0193. The highest BCUT2D eigenvalue weighted by Gasteiger charge is 2.16. The standard InChI is InChI=1S/C16H22FNO4S/c1-16(2,3)22-15(19)18-11-13(10-17)8-12-6-5-7-14(9-12)23(4,20)21/h5-7,9-10H,8,11H2,1-4H3,(H,18,19). The normalized spacial score (nSPS) is 12.8. The van der Waals surface area contributed by atoms with Crippen LogP contribution in [0.4, 0.5) is 9.18 Å². The molecule has 0 bridgehead atoms. The number of rotatable bonds is 5. The van der Waals surface area contributed by atoms with Gasteiger partial charge in [-0.1, -0.05) is 12.1 Å². The molecule has 1 aromatic carbocycles. The van der Waals surface area contributed by atoms with E-state index in [0.29, 0.717) is 17.5 Å². The van der Waals surface area contributed by atoms with Gasteiger partial charge in [-0.05, 0) is 50.5 Å². The Morgan fingerprint density at radius 3 is 2.52 bits per heavy atom.